The van der Waals surface area contributed by atoms with Crippen molar-refractivity contribution < 1.29 is 13.2 Å². The van der Waals surface area contributed by atoms with Gasteiger partial charge in [0, 0.05) is 12.5 Å². The Morgan fingerprint density at radius 2 is 2.06 bits per heavy atom. The van der Waals surface area contributed by atoms with E-state index in [0.717, 1.165) is 0 Å². The Labute approximate surface area is 102 Å². The maximum absolute atomic E-state index is 11.7. The minimum Gasteiger partial charge on any atom is -0.495 e. The van der Waals surface area contributed by atoms with Crippen LogP contribution in [0.1, 0.15) is 25.6 Å². The molecule has 96 valence electrons. The lowest BCUT2D eigenvalue weighted by molar-refractivity contribution is 0.393. The molecule has 0 bridgehead atoms. The van der Waals surface area contributed by atoms with Crippen molar-refractivity contribution in [3.8, 4) is 5.75 Å². The van der Waals surface area contributed by atoms with E-state index in [4.69, 9.17) is 10.5 Å². The summed E-state index contributed by atoms with van der Waals surface area (Å²) >= 11 is 0. The van der Waals surface area contributed by atoms with Gasteiger partial charge in [-0.15, -0.1) is 0 Å². The molecule has 0 spiro atoms. The molecular weight excluding hydrogens is 240 g/mol. The summed E-state index contributed by atoms with van der Waals surface area (Å²) in [6.07, 6.45) is 2.73. The number of pyridine rings is 1. The van der Waals surface area contributed by atoms with Crippen molar-refractivity contribution in [1.29, 1.82) is 0 Å². The molecule has 0 amide bonds. The Bertz CT molecular complexity index is 497. The predicted octanol–water partition coefficient (Wildman–Crippen LogP) is 0.913. The fraction of sp³-hybridized carbons (Fsp3) is 0.545. The molecule has 1 rings (SSSR count). The van der Waals surface area contributed by atoms with Crippen LogP contribution in [0.5, 0.6) is 5.75 Å². The molecule has 1 atom stereocenters. The van der Waals surface area contributed by atoms with E-state index in [1.807, 2.05) is 0 Å². The largest absolute Gasteiger partial charge is 0.495 e. The van der Waals surface area contributed by atoms with Gasteiger partial charge in [0.05, 0.1) is 17.9 Å². The molecule has 6 heteroatoms. The summed E-state index contributed by atoms with van der Waals surface area (Å²) in [5.74, 6) is 0.497. The average Bonchev–Trinajstić information content (AvgIpc) is 2.26. The van der Waals surface area contributed by atoms with Crippen molar-refractivity contribution in [3.63, 3.8) is 0 Å². The highest BCUT2D eigenvalue weighted by atomic mass is 32.2. The van der Waals surface area contributed by atoms with E-state index in [9.17, 15) is 8.42 Å². The van der Waals surface area contributed by atoms with Gasteiger partial charge < -0.3 is 10.5 Å². The normalized spacial score (nSPS) is 14.4. The van der Waals surface area contributed by atoms with Gasteiger partial charge in [-0.3, -0.25) is 4.98 Å². The highest BCUT2D eigenvalue weighted by Gasteiger charge is 2.39. The third kappa shape index (κ3) is 2.58. The summed E-state index contributed by atoms with van der Waals surface area (Å²) < 4.78 is 27.5. The van der Waals surface area contributed by atoms with E-state index in [1.54, 1.807) is 32.2 Å². The summed E-state index contributed by atoms with van der Waals surface area (Å²) in [6.45, 7) is 3.17. The molecule has 0 aliphatic rings. The molecule has 1 heterocycles. The van der Waals surface area contributed by atoms with Crippen LogP contribution in [0, 0.1) is 0 Å². The molecule has 0 saturated heterocycles. The lowest BCUT2D eigenvalue weighted by atomic mass is 10.00. The van der Waals surface area contributed by atoms with Gasteiger partial charge in [-0.05, 0) is 26.0 Å². The second kappa shape index (κ2) is 4.62. The van der Waals surface area contributed by atoms with E-state index in [-0.39, 0.29) is 0 Å². The summed E-state index contributed by atoms with van der Waals surface area (Å²) in [7, 11) is -1.79. The Morgan fingerprint density at radius 1 is 1.47 bits per heavy atom. The number of ether oxygens (including phenoxy) is 1. The molecule has 1 unspecified atom stereocenters. The van der Waals surface area contributed by atoms with Crippen molar-refractivity contribution in [2.24, 2.45) is 5.73 Å². The van der Waals surface area contributed by atoms with Gasteiger partial charge in [-0.25, -0.2) is 8.42 Å². The van der Waals surface area contributed by atoms with Gasteiger partial charge in [0.15, 0.2) is 9.84 Å². The first-order chi connectivity index (χ1) is 7.71. The van der Waals surface area contributed by atoms with E-state index < -0.39 is 20.6 Å². The van der Waals surface area contributed by atoms with Crippen molar-refractivity contribution in [3.05, 3.63) is 24.0 Å². The number of hydrogen-bond donors (Lipinski definition) is 1. The van der Waals surface area contributed by atoms with Crippen LogP contribution < -0.4 is 10.5 Å². The number of aromatic nitrogens is 1. The lowest BCUT2D eigenvalue weighted by Crippen LogP contribution is -2.42. The molecular formula is C11H18N2O3S. The predicted molar refractivity (Wildman–Crippen MR) is 66.6 cm³/mol. The van der Waals surface area contributed by atoms with Crippen LogP contribution in [-0.4, -0.2) is 31.5 Å². The lowest BCUT2D eigenvalue weighted by Gasteiger charge is -2.29. The maximum atomic E-state index is 11.7. The van der Waals surface area contributed by atoms with Gasteiger partial charge in [0.25, 0.3) is 0 Å². The van der Waals surface area contributed by atoms with Crippen LogP contribution in [0.4, 0.5) is 0 Å². The van der Waals surface area contributed by atoms with Gasteiger partial charge in [0.2, 0.25) is 0 Å². The summed E-state index contributed by atoms with van der Waals surface area (Å²) in [4.78, 5) is 4.11. The fourth-order valence-corrected chi connectivity index (χ4v) is 1.94. The number of nitrogens with zero attached hydrogens (tertiary/aromatic N) is 1. The fourth-order valence-electron chi connectivity index (χ4n) is 1.37. The van der Waals surface area contributed by atoms with Crippen LogP contribution in [0.15, 0.2) is 18.3 Å². The molecule has 17 heavy (non-hydrogen) atoms. The number of sulfone groups is 1. The standard InChI is InChI=1S/C11H18N2O3S/c1-11(2,17(4,14)15)10(12)9-8(16-3)6-5-7-13-9/h5-7,10H,12H2,1-4H3. The van der Waals surface area contributed by atoms with Crippen molar-refractivity contribution >= 4 is 9.84 Å². The Hall–Kier alpha value is -1.14. The van der Waals surface area contributed by atoms with Gasteiger partial charge in [0.1, 0.15) is 11.4 Å². The zero-order chi connectivity index (χ0) is 13.3. The van der Waals surface area contributed by atoms with Gasteiger partial charge in [-0.2, -0.15) is 0 Å². The van der Waals surface area contributed by atoms with Gasteiger partial charge >= 0.3 is 0 Å². The number of methoxy groups -OCH3 is 1. The monoisotopic (exact) mass is 258 g/mol. The third-order valence-corrected chi connectivity index (χ3v) is 5.18. The zero-order valence-electron chi connectivity index (χ0n) is 10.5. The molecule has 0 aliphatic carbocycles. The molecule has 1 aromatic rings. The molecule has 0 fully saturated rings. The van der Waals surface area contributed by atoms with Crippen molar-refractivity contribution in [2.75, 3.05) is 13.4 Å². The minimum absolute atomic E-state index is 0.449. The third-order valence-electron chi connectivity index (χ3n) is 3.02. The molecule has 2 N–H and O–H groups in total. The first kappa shape index (κ1) is 13.9. The molecule has 0 radical (unpaired) electrons. The van der Waals surface area contributed by atoms with Crippen molar-refractivity contribution in [1.82, 2.24) is 4.98 Å². The Balaban J connectivity index is 3.26. The van der Waals surface area contributed by atoms with Crippen LogP contribution in [0.25, 0.3) is 0 Å². The van der Waals surface area contributed by atoms with E-state index in [0.29, 0.717) is 11.4 Å². The number of hydrogen-bond acceptors (Lipinski definition) is 5. The first-order valence-corrected chi connectivity index (χ1v) is 7.05. The smallest absolute Gasteiger partial charge is 0.154 e. The summed E-state index contributed by atoms with van der Waals surface area (Å²) in [5.41, 5.74) is 6.46. The average molecular weight is 258 g/mol. The van der Waals surface area contributed by atoms with E-state index >= 15 is 0 Å². The number of nitrogens with two attached hydrogens (primary N) is 1. The van der Waals surface area contributed by atoms with Crippen LogP contribution in [0.3, 0.4) is 0 Å². The Morgan fingerprint density at radius 3 is 2.53 bits per heavy atom. The highest BCUT2D eigenvalue weighted by Crippen LogP contribution is 2.33. The SMILES string of the molecule is COc1cccnc1C(N)C(C)(C)S(C)(=O)=O. The quantitative estimate of drug-likeness (QED) is 0.868. The summed E-state index contributed by atoms with van der Waals surface area (Å²) in [6, 6.07) is 2.68. The number of rotatable bonds is 4. The molecule has 0 aromatic carbocycles. The van der Waals surface area contributed by atoms with Crippen LogP contribution in [-0.2, 0) is 9.84 Å². The molecule has 1 aromatic heterocycles. The van der Waals surface area contributed by atoms with E-state index in [2.05, 4.69) is 4.98 Å². The van der Waals surface area contributed by atoms with Crippen LogP contribution in [0.2, 0.25) is 0 Å². The van der Waals surface area contributed by atoms with E-state index in [1.165, 1.54) is 13.4 Å². The Kier molecular flexibility index (Phi) is 3.78. The maximum Gasteiger partial charge on any atom is 0.154 e. The topological polar surface area (TPSA) is 82.3 Å². The van der Waals surface area contributed by atoms with Crippen molar-refractivity contribution in [2.45, 2.75) is 24.6 Å². The first-order valence-electron chi connectivity index (χ1n) is 5.16. The molecule has 0 saturated carbocycles. The molecule has 0 aliphatic heterocycles. The van der Waals surface area contributed by atoms with Gasteiger partial charge in [-0.1, -0.05) is 0 Å². The zero-order valence-corrected chi connectivity index (χ0v) is 11.3. The molecule has 5 nitrogen and oxygen atoms in total. The van der Waals surface area contributed by atoms with Crippen LogP contribution >= 0.6 is 0 Å². The second-order valence-electron chi connectivity index (χ2n) is 4.44. The minimum atomic E-state index is -3.30. The second-order valence-corrected chi connectivity index (χ2v) is 7.04. The highest BCUT2D eigenvalue weighted by molar-refractivity contribution is 7.92. The summed E-state index contributed by atoms with van der Waals surface area (Å²) in [5, 5.41) is 0.